The molecular weight excluding hydrogens is 531 g/mol. The number of hydrogen-bond donors (Lipinski definition) is 1. The number of hydrazine groups is 1. The summed E-state index contributed by atoms with van der Waals surface area (Å²) in [5, 5.41) is 12.8. The van der Waals surface area contributed by atoms with Crippen LogP contribution in [0.1, 0.15) is 26.3 Å². The molecule has 5 rings (SSSR count). The topological polar surface area (TPSA) is 84.5 Å². The molecule has 40 heavy (non-hydrogen) atoms. The van der Waals surface area contributed by atoms with E-state index in [0.717, 1.165) is 29.6 Å². The van der Waals surface area contributed by atoms with Crippen molar-refractivity contribution in [3.63, 3.8) is 0 Å². The third kappa shape index (κ3) is 4.75. The first kappa shape index (κ1) is 27.8. The van der Waals surface area contributed by atoms with Crippen molar-refractivity contribution in [3.05, 3.63) is 53.5 Å². The van der Waals surface area contributed by atoms with Crippen LogP contribution in [0.5, 0.6) is 0 Å². The number of aryl methyl sites for hydroxylation is 1. The minimum atomic E-state index is -0.500. The number of rotatable bonds is 8. The monoisotopic (exact) mass is 564 g/mol. The normalized spacial score (nSPS) is 14.0. The Kier molecular flexibility index (Phi) is 7.91. The van der Waals surface area contributed by atoms with E-state index in [2.05, 4.69) is 40.5 Å². The summed E-state index contributed by atoms with van der Waals surface area (Å²) in [6, 6.07) is 5.62. The molecule has 0 unspecified atom stereocenters. The number of anilines is 2. The zero-order valence-corrected chi connectivity index (χ0v) is 24.1. The number of carbonyl (C=O) groups is 1. The molecule has 9 nitrogen and oxygen atoms in total. The van der Waals surface area contributed by atoms with E-state index in [1.165, 1.54) is 6.08 Å². The Morgan fingerprint density at radius 1 is 1.10 bits per heavy atom. The molecule has 1 amide bonds. The molecule has 3 heterocycles. The van der Waals surface area contributed by atoms with Crippen molar-refractivity contribution in [1.29, 1.82) is 0 Å². The molecule has 1 N–H and O–H groups in total. The Bertz CT molecular complexity index is 1580. The highest BCUT2D eigenvalue weighted by molar-refractivity contribution is 6.35. The van der Waals surface area contributed by atoms with E-state index in [1.807, 2.05) is 31.0 Å². The van der Waals surface area contributed by atoms with Crippen LogP contribution >= 0.6 is 11.6 Å². The summed E-state index contributed by atoms with van der Waals surface area (Å²) in [7, 11) is 0. The van der Waals surface area contributed by atoms with Crippen molar-refractivity contribution in [1.82, 2.24) is 30.1 Å². The van der Waals surface area contributed by atoms with E-state index in [0.29, 0.717) is 61.0 Å². The number of halogens is 2. The van der Waals surface area contributed by atoms with Gasteiger partial charge in [-0.1, -0.05) is 38.1 Å². The van der Waals surface area contributed by atoms with Crippen LogP contribution in [-0.4, -0.2) is 81.8 Å². The predicted octanol–water partition coefficient (Wildman–Crippen LogP) is 5.19. The lowest BCUT2D eigenvalue weighted by Gasteiger charge is -2.37. The summed E-state index contributed by atoms with van der Waals surface area (Å²) in [5.41, 5.74) is 2.86. The Morgan fingerprint density at radius 3 is 2.48 bits per heavy atom. The summed E-state index contributed by atoms with van der Waals surface area (Å²) in [6.45, 7) is 15.9. The van der Waals surface area contributed by atoms with Crippen molar-refractivity contribution >= 4 is 51.1 Å². The van der Waals surface area contributed by atoms with Gasteiger partial charge < -0.3 is 9.80 Å². The van der Waals surface area contributed by atoms with Gasteiger partial charge in [0.1, 0.15) is 11.3 Å². The summed E-state index contributed by atoms with van der Waals surface area (Å²) < 4.78 is 16.8. The highest BCUT2D eigenvalue weighted by atomic mass is 35.5. The number of amides is 1. The van der Waals surface area contributed by atoms with E-state index in [4.69, 9.17) is 21.6 Å². The Labute approximate surface area is 238 Å². The third-order valence-corrected chi connectivity index (χ3v) is 7.90. The fraction of sp³-hybridized carbons (Fsp3) is 0.379. The quantitative estimate of drug-likeness (QED) is 0.233. The number of piperazine rings is 1. The van der Waals surface area contributed by atoms with Crippen LogP contribution in [0.15, 0.2) is 37.1 Å². The highest BCUT2D eigenvalue weighted by Gasteiger charge is 2.28. The fourth-order valence-corrected chi connectivity index (χ4v) is 5.80. The average Bonchev–Trinajstić information content (AvgIpc) is 3.45. The molecule has 1 aliphatic heterocycles. The standard InChI is InChI=1S/C29H34ClFN8O/c1-6-23(40)36-12-14-37(15-13-36)28-19-16-21(30)25(24-18(5)10-11-22-20(24)17-32-35-22)26(31)27(19)33-29(34-28)39(9-4)38(7-2)8-3/h6,10-11,16-17H,1,7-9,12-15H2,2-5H3,(H,32,35). The Hall–Kier alpha value is -3.76. The smallest absolute Gasteiger partial charge is 0.246 e. The number of nitrogens with zero attached hydrogens (tertiary/aromatic N) is 7. The molecule has 0 spiro atoms. The van der Waals surface area contributed by atoms with Gasteiger partial charge in [0, 0.05) is 67.7 Å². The molecule has 1 saturated heterocycles. The van der Waals surface area contributed by atoms with Gasteiger partial charge in [-0.2, -0.15) is 10.1 Å². The maximum absolute atomic E-state index is 16.8. The van der Waals surface area contributed by atoms with Gasteiger partial charge in [0.25, 0.3) is 0 Å². The van der Waals surface area contributed by atoms with Crippen molar-refractivity contribution < 1.29 is 9.18 Å². The van der Waals surface area contributed by atoms with E-state index in [-0.39, 0.29) is 16.4 Å². The number of fused-ring (bicyclic) bond motifs is 2. The third-order valence-electron chi connectivity index (χ3n) is 7.60. The summed E-state index contributed by atoms with van der Waals surface area (Å²) >= 11 is 6.87. The molecule has 210 valence electrons. The molecule has 0 bridgehead atoms. The van der Waals surface area contributed by atoms with Crippen LogP contribution in [0.3, 0.4) is 0 Å². The molecule has 2 aromatic carbocycles. The first-order chi connectivity index (χ1) is 19.3. The van der Waals surface area contributed by atoms with Crippen molar-refractivity contribution in [3.8, 4) is 11.1 Å². The molecule has 0 aliphatic carbocycles. The number of hydrogen-bond acceptors (Lipinski definition) is 7. The SMILES string of the molecule is C=CC(=O)N1CCN(c2nc(N(CC)N(CC)CC)nc3c(F)c(-c4c(C)ccc5[nH]ncc45)c(Cl)cc23)CC1. The molecule has 1 aliphatic rings. The van der Waals surface area contributed by atoms with Crippen LogP contribution in [0.25, 0.3) is 32.9 Å². The number of benzene rings is 2. The second kappa shape index (κ2) is 11.4. The first-order valence-corrected chi connectivity index (χ1v) is 14.0. The van der Waals surface area contributed by atoms with E-state index in [1.54, 1.807) is 17.2 Å². The maximum Gasteiger partial charge on any atom is 0.246 e. The van der Waals surface area contributed by atoms with Gasteiger partial charge in [0.2, 0.25) is 11.9 Å². The van der Waals surface area contributed by atoms with Gasteiger partial charge >= 0.3 is 0 Å². The lowest BCUT2D eigenvalue weighted by atomic mass is 9.95. The van der Waals surface area contributed by atoms with Gasteiger partial charge in [-0.3, -0.25) is 14.9 Å². The van der Waals surface area contributed by atoms with E-state index < -0.39 is 5.82 Å². The van der Waals surface area contributed by atoms with E-state index >= 15 is 4.39 Å². The van der Waals surface area contributed by atoms with Crippen LogP contribution in [0, 0.1) is 12.7 Å². The average molecular weight is 565 g/mol. The molecule has 1 fully saturated rings. The predicted molar refractivity (Wildman–Crippen MR) is 159 cm³/mol. The van der Waals surface area contributed by atoms with Crippen molar-refractivity contribution in [2.75, 3.05) is 55.7 Å². The Morgan fingerprint density at radius 2 is 1.82 bits per heavy atom. The minimum absolute atomic E-state index is 0.103. The highest BCUT2D eigenvalue weighted by Crippen LogP contribution is 2.42. The molecular formula is C29H34ClFN8O. The number of aromatic amines is 1. The van der Waals surface area contributed by atoms with Gasteiger partial charge in [-0.15, -0.1) is 0 Å². The van der Waals surface area contributed by atoms with Crippen LogP contribution in [-0.2, 0) is 4.79 Å². The van der Waals surface area contributed by atoms with Crippen LogP contribution in [0.4, 0.5) is 16.2 Å². The second-order valence-electron chi connectivity index (χ2n) is 9.75. The second-order valence-corrected chi connectivity index (χ2v) is 10.2. The molecule has 11 heteroatoms. The summed E-state index contributed by atoms with van der Waals surface area (Å²) in [6.07, 6.45) is 3.02. The van der Waals surface area contributed by atoms with Gasteiger partial charge in [0.05, 0.1) is 16.7 Å². The largest absolute Gasteiger partial charge is 0.352 e. The number of nitrogens with one attached hydrogen (secondary N) is 1. The molecule has 4 aromatic rings. The summed E-state index contributed by atoms with van der Waals surface area (Å²) in [4.78, 5) is 25.8. The summed E-state index contributed by atoms with van der Waals surface area (Å²) in [5.74, 6) is 0.417. The number of carbonyl (C=O) groups excluding carboxylic acids is 1. The van der Waals surface area contributed by atoms with Crippen LogP contribution < -0.4 is 9.91 Å². The number of H-pyrrole nitrogens is 1. The zero-order valence-electron chi connectivity index (χ0n) is 23.3. The molecule has 2 aromatic heterocycles. The zero-order chi connectivity index (χ0) is 28.6. The Balaban J connectivity index is 1.73. The minimum Gasteiger partial charge on any atom is -0.352 e. The molecule has 0 radical (unpaired) electrons. The van der Waals surface area contributed by atoms with Crippen LogP contribution in [0.2, 0.25) is 5.02 Å². The van der Waals surface area contributed by atoms with Gasteiger partial charge in [-0.05, 0) is 37.6 Å². The van der Waals surface area contributed by atoms with Crippen molar-refractivity contribution in [2.24, 2.45) is 0 Å². The van der Waals surface area contributed by atoms with E-state index in [9.17, 15) is 4.79 Å². The lowest BCUT2D eigenvalue weighted by Crippen LogP contribution is -2.49. The number of aromatic nitrogens is 4. The van der Waals surface area contributed by atoms with Gasteiger partial charge in [0.15, 0.2) is 5.82 Å². The maximum atomic E-state index is 16.8. The first-order valence-electron chi connectivity index (χ1n) is 13.6. The van der Waals surface area contributed by atoms with Crippen molar-refractivity contribution in [2.45, 2.75) is 27.7 Å². The van der Waals surface area contributed by atoms with Gasteiger partial charge in [-0.25, -0.2) is 14.4 Å². The molecule has 0 atom stereocenters. The molecule has 0 saturated carbocycles. The lowest BCUT2D eigenvalue weighted by molar-refractivity contribution is -0.126. The fourth-order valence-electron chi connectivity index (χ4n) is 5.51.